The van der Waals surface area contributed by atoms with Crippen molar-refractivity contribution in [2.75, 3.05) is 0 Å². The van der Waals surface area contributed by atoms with E-state index in [1.807, 2.05) is 6.92 Å². The molecule has 0 saturated carbocycles. The van der Waals surface area contributed by atoms with E-state index in [1.54, 1.807) is 0 Å². The molecule has 0 aromatic heterocycles. The van der Waals surface area contributed by atoms with Crippen LogP contribution >= 0.6 is 0 Å². The summed E-state index contributed by atoms with van der Waals surface area (Å²) < 4.78 is 4.77. The van der Waals surface area contributed by atoms with Gasteiger partial charge < -0.3 is 4.74 Å². The summed E-state index contributed by atoms with van der Waals surface area (Å²) in [7, 11) is 0. The molecule has 0 N–H and O–H groups in total. The first-order valence-electron chi connectivity index (χ1n) is 3.70. The largest absolute Gasteiger partial charge is 0.406 e. The van der Waals surface area contributed by atoms with Crippen LogP contribution in [0.25, 0.3) is 0 Å². The van der Waals surface area contributed by atoms with Crippen LogP contribution < -0.4 is 0 Å². The molecule has 3 nitrogen and oxygen atoms in total. The molecule has 1 aliphatic rings. The number of hydrogen-bond donors (Lipinski definition) is 0. The van der Waals surface area contributed by atoms with Crippen molar-refractivity contribution in [2.24, 2.45) is 4.99 Å². The summed E-state index contributed by atoms with van der Waals surface area (Å²) in [5.74, 6) is 0.107. The van der Waals surface area contributed by atoms with Gasteiger partial charge in [0.25, 0.3) is 0 Å². The molecule has 0 fully saturated rings. The SMILES string of the molecule is C=CC1=NC(CCC)C(=O)O1. The van der Waals surface area contributed by atoms with E-state index in [-0.39, 0.29) is 12.0 Å². The molecule has 0 aromatic carbocycles. The lowest BCUT2D eigenvalue weighted by Crippen LogP contribution is -2.14. The second-order valence-electron chi connectivity index (χ2n) is 2.40. The van der Waals surface area contributed by atoms with Crippen molar-refractivity contribution in [3.8, 4) is 0 Å². The lowest BCUT2D eigenvalue weighted by atomic mass is 10.2. The Morgan fingerprint density at radius 1 is 1.82 bits per heavy atom. The molecule has 3 heteroatoms. The van der Waals surface area contributed by atoms with Crippen LogP contribution in [0.15, 0.2) is 17.6 Å². The highest BCUT2D eigenvalue weighted by Crippen LogP contribution is 2.11. The van der Waals surface area contributed by atoms with Gasteiger partial charge in [-0.15, -0.1) is 0 Å². The molecule has 1 heterocycles. The molecular formula is C8H11NO2. The fraction of sp³-hybridized carbons (Fsp3) is 0.500. The summed E-state index contributed by atoms with van der Waals surface area (Å²) in [5.41, 5.74) is 0. The topological polar surface area (TPSA) is 38.7 Å². The third-order valence-corrected chi connectivity index (χ3v) is 1.50. The van der Waals surface area contributed by atoms with Gasteiger partial charge in [-0.3, -0.25) is 0 Å². The summed E-state index contributed by atoms with van der Waals surface area (Å²) in [5, 5.41) is 0. The van der Waals surface area contributed by atoms with E-state index in [9.17, 15) is 4.79 Å². The molecule has 1 aliphatic heterocycles. The quantitative estimate of drug-likeness (QED) is 0.573. The summed E-state index contributed by atoms with van der Waals surface area (Å²) >= 11 is 0. The van der Waals surface area contributed by atoms with Gasteiger partial charge in [0.15, 0.2) is 6.04 Å². The van der Waals surface area contributed by atoms with E-state index in [0.29, 0.717) is 5.90 Å². The first-order valence-corrected chi connectivity index (χ1v) is 3.70. The molecular weight excluding hydrogens is 142 g/mol. The predicted molar refractivity (Wildman–Crippen MR) is 42.4 cm³/mol. The van der Waals surface area contributed by atoms with Gasteiger partial charge in [0.05, 0.1) is 0 Å². The lowest BCUT2D eigenvalue weighted by Gasteiger charge is -1.97. The Morgan fingerprint density at radius 3 is 3.00 bits per heavy atom. The number of nitrogens with zero attached hydrogens (tertiary/aromatic N) is 1. The number of esters is 1. The maximum Gasteiger partial charge on any atom is 0.337 e. The highest BCUT2D eigenvalue weighted by atomic mass is 16.6. The van der Waals surface area contributed by atoms with Crippen molar-refractivity contribution in [2.45, 2.75) is 25.8 Å². The van der Waals surface area contributed by atoms with Crippen LogP contribution in [0.1, 0.15) is 19.8 Å². The molecule has 0 radical (unpaired) electrons. The molecule has 1 unspecified atom stereocenters. The van der Waals surface area contributed by atoms with Crippen molar-refractivity contribution in [1.29, 1.82) is 0 Å². The molecule has 0 aromatic rings. The van der Waals surface area contributed by atoms with Gasteiger partial charge in [-0.05, 0) is 12.5 Å². The van der Waals surface area contributed by atoms with Crippen LogP contribution in [0.3, 0.4) is 0 Å². The first kappa shape index (κ1) is 7.98. The number of ether oxygens (including phenoxy) is 1. The molecule has 60 valence electrons. The number of carbonyl (C=O) groups excluding carboxylic acids is 1. The number of cyclic esters (lactones) is 1. The van der Waals surface area contributed by atoms with E-state index >= 15 is 0 Å². The van der Waals surface area contributed by atoms with Crippen LogP contribution in [0, 0.1) is 0 Å². The summed E-state index contributed by atoms with van der Waals surface area (Å²) in [4.78, 5) is 15.0. The minimum absolute atomic E-state index is 0.248. The number of hydrogen-bond acceptors (Lipinski definition) is 3. The molecule has 1 rings (SSSR count). The third kappa shape index (κ3) is 1.67. The highest BCUT2D eigenvalue weighted by molar-refractivity contribution is 6.02. The average Bonchev–Trinajstić information content (AvgIpc) is 2.33. The zero-order valence-electron chi connectivity index (χ0n) is 6.54. The highest BCUT2D eigenvalue weighted by Gasteiger charge is 2.26. The first-order chi connectivity index (χ1) is 5.27. The Balaban J connectivity index is 2.60. The van der Waals surface area contributed by atoms with E-state index in [0.717, 1.165) is 12.8 Å². The zero-order chi connectivity index (χ0) is 8.27. The fourth-order valence-electron chi connectivity index (χ4n) is 0.954. The molecule has 0 amide bonds. The van der Waals surface area contributed by atoms with Gasteiger partial charge in [-0.25, -0.2) is 9.79 Å². The van der Waals surface area contributed by atoms with Crippen molar-refractivity contribution in [3.63, 3.8) is 0 Å². The Hall–Kier alpha value is -1.12. The van der Waals surface area contributed by atoms with Crippen molar-refractivity contribution >= 4 is 11.9 Å². The average molecular weight is 153 g/mol. The Labute approximate surface area is 65.8 Å². The van der Waals surface area contributed by atoms with Crippen molar-refractivity contribution in [1.82, 2.24) is 0 Å². The van der Waals surface area contributed by atoms with Crippen molar-refractivity contribution in [3.05, 3.63) is 12.7 Å². The second kappa shape index (κ2) is 3.32. The predicted octanol–water partition coefficient (Wildman–Crippen LogP) is 1.30. The monoisotopic (exact) mass is 153 g/mol. The zero-order valence-corrected chi connectivity index (χ0v) is 6.54. The minimum atomic E-state index is -0.284. The molecule has 0 saturated heterocycles. The van der Waals surface area contributed by atoms with Gasteiger partial charge in [0.1, 0.15) is 0 Å². The van der Waals surface area contributed by atoms with E-state index in [2.05, 4.69) is 11.6 Å². The Bertz CT molecular complexity index is 208. The third-order valence-electron chi connectivity index (χ3n) is 1.50. The van der Waals surface area contributed by atoms with Gasteiger partial charge >= 0.3 is 5.97 Å². The van der Waals surface area contributed by atoms with Crippen LogP contribution in [-0.4, -0.2) is 17.9 Å². The molecule has 0 aliphatic carbocycles. The van der Waals surface area contributed by atoms with E-state index in [1.165, 1.54) is 6.08 Å². The van der Waals surface area contributed by atoms with Crippen LogP contribution in [-0.2, 0) is 9.53 Å². The second-order valence-corrected chi connectivity index (χ2v) is 2.40. The van der Waals surface area contributed by atoms with Crippen LogP contribution in [0.2, 0.25) is 0 Å². The van der Waals surface area contributed by atoms with E-state index < -0.39 is 0 Å². The molecule has 0 bridgehead atoms. The smallest absolute Gasteiger partial charge is 0.337 e. The number of rotatable bonds is 3. The summed E-state index contributed by atoms with van der Waals surface area (Å²) in [6, 6.07) is -0.284. The lowest BCUT2D eigenvalue weighted by molar-refractivity contribution is -0.135. The number of carbonyl (C=O) groups is 1. The Morgan fingerprint density at radius 2 is 2.55 bits per heavy atom. The van der Waals surface area contributed by atoms with E-state index in [4.69, 9.17) is 4.74 Å². The van der Waals surface area contributed by atoms with Gasteiger partial charge in [0.2, 0.25) is 5.90 Å². The minimum Gasteiger partial charge on any atom is -0.406 e. The fourth-order valence-corrected chi connectivity index (χ4v) is 0.954. The van der Waals surface area contributed by atoms with Crippen LogP contribution in [0.5, 0.6) is 0 Å². The van der Waals surface area contributed by atoms with Gasteiger partial charge in [-0.2, -0.15) is 0 Å². The van der Waals surface area contributed by atoms with Crippen molar-refractivity contribution < 1.29 is 9.53 Å². The summed E-state index contributed by atoms with van der Waals surface area (Å²) in [6.07, 6.45) is 3.15. The normalized spacial score (nSPS) is 22.8. The number of aliphatic imine (C=N–C) groups is 1. The maximum absolute atomic E-state index is 10.9. The Kier molecular flexibility index (Phi) is 2.41. The molecule has 11 heavy (non-hydrogen) atoms. The van der Waals surface area contributed by atoms with Gasteiger partial charge in [0, 0.05) is 0 Å². The summed E-state index contributed by atoms with van der Waals surface area (Å²) in [6.45, 7) is 5.47. The molecule has 0 spiro atoms. The van der Waals surface area contributed by atoms with Crippen LogP contribution in [0.4, 0.5) is 0 Å². The van der Waals surface area contributed by atoms with Gasteiger partial charge in [-0.1, -0.05) is 19.9 Å². The standard InChI is InChI=1S/C8H11NO2/c1-3-5-6-8(10)11-7(4-2)9-6/h4,6H,2-3,5H2,1H3. The maximum atomic E-state index is 10.9. The molecule has 1 atom stereocenters.